The smallest absolute Gasteiger partial charge is 0.289 e. The molecule has 2 aliphatic rings. The maximum Gasteiger partial charge on any atom is 0.289 e. The summed E-state index contributed by atoms with van der Waals surface area (Å²) in [6, 6.07) is 3.64. The Morgan fingerprint density at radius 1 is 1.41 bits per heavy atom. The van der Waals surface area contributed by atoms with Crippen LogP contribution in [0.2, 0.25) is 0 Å². The largest absolute Gasteiger partial charge is 0.459 e. The first-order valence-corrected chi connectivity index (χ1v) is 7.76. The van der Waals surface area contributed by atoms with E-state index in [1.165, 1.54) is 13.4 Å². The predicted octanol–water partition coefficient (Wildman–Crippen LogP) is 1.43. The summed E-state index contributed by atoms with van der Waals surface area (Å²) in [6.07, 6.45) is 5.51. The molecule has 0 radical (unpaired) electrons. The van der Waals surface area contributed by atoms with E-state index in [1.54, 1.807) is 12.1 Å². The van der Waals surface area contributed by atoms with Crippen molar-refractivity contribution in [1.29, 1.82) is 0 Å². The van der Waals surface area contributed by atoms with Crippen molar-refractivity contribution in [2.45, 2.75) is 31.7 Å². The van der Waals surface area contributed by atoms with Crippen molar-refractivity contribution in [1.82, 2.24) is 10.2 Å². The first-order valence-electron chi connectivity index (χ1n) is 7.76. The number of hydrogen-bond donors (Lipinski definition) is 1. The Morgan fingerprint density at radius 3 is 2.73 bits per heavy atom. The Labute approximate surface area is 129 Å². The van der Waals surface area contributed by atoms with Crippen LogP contribution in [-0.2, 0) is 9.53 Å². The summed E-state index contributed by atoms with van der Waals surface area (Å²) >= 11 is 0. The topological polar surface area (TPSA) is 71.8 Å². The van der Waals surface area contributed by atoms with E-state index < -0.39 is 0 Å². The molecule has 1 aromatic heterocycles. The summed E-state index contributed by atoms with van der Waals surface area (Å²) in [5.74, 6) is 0.300. The van der Waals surface area contributed by atoms with Gasteiger partial charge < -0.3 is 19.4 Å². The lowest BCUT2D eigenvalue weighted by atomic mass is 9.59. The minimum atomic E-state index is -0.0549. The number of nitrogens with zero attached hydrogens (tertiary/aromatic N) is 1. The molecule has 1 aliphatic carbocycles. The molecule has 2 fully saturated rings. The molecule has 3 rings (SSSR count). The highest BCUT2D eigenvalue weighted by atomic mass is 16.5. The van der Waals surface area contributed by atoms with Crippen LogP contribution in [0.15, 0.2) is 22.8 Å². The monoisotopic (exact) mass is 306 g/mol. The molecule has 2 amide bonds. The third-order valence-corrected chi connectivity index (χ3v) is 5.06. The molecule has 1 spiro atoms. The van der Waals surface area contributed by atoms with Gasteiger partial charge in [0.05, 0.1) is 6.26 Å². The van der Waals surface area contributed by atoms with Crippen molar-refractivity contribution < 1.29 is 18.7 Å². The number of carbonyl (C=O) groups is 2. The molecule has 2 heterocycles. The number of furan rings is 1. The lowest BCUT2D eigenvalue weighted by Crippen LogP contribution is -2.60. The first kappa shape index (κ1) is 15.1. The van der Waals surface area contributed by atoms with E-state index >= 15 is 0 Å². The average Bonchev–Trinajstić information content (AvgIpc) is 3.06. The van der Waals surface area contributed by atoms with E-state index in [0.29, 0.717) is 5.76 Å². The number of piperidine rings is 1. The van der Waals surface area contributed by atoms with Gasteiger partial charge in [-0.15, -0.1) is 0 Å². The van der Waals surface area contributed by atoms with Crippen LogP contribution in [0.1, 0.15) is 36.2 Å². The number of methoxy groups -OCH3 is 1. The van der Waals surface area contributed by atoms with Crippen LogP contribution in [0.3, 0.4) is 0 Å². The highest BCUT2D eigenvalue weighted by molar-refractivity contribution is 5.91. The molecule has 120 valence electrons. The van der Waals surface area contributed by atoms with Crippen LogP contribution in [-0.4, -0.2) is 49.6 Å². The van der Waals surface area contributed by atoms with E-state index in [9.17, 15) is 9.59 Å². The highest BCUT2D eigenvalue weighted by Crippen LogP contribution is 2.49. The van der Waals surface area contributed by atoms with E-state index in [0.717, 1.165) is 38.8 Å². The minimum Gasteiger partial charge on any atom is -0.459 e. The molecule has 1 aliphatic heterocycles. The zero-order valence-corrected chi connectivity index (χ0v) is 12.8. The van der Waals surface area contributed by atoms with Gasteiger partial charge in [-0.3, -0.25) is 9.59 Å². The van der Waals surface area contributed by atoms with E-state index in [-0.39, 0.29) is 29.9 Å². The van der Waals surface area contributed by atoms with E-state index in [2.05, 4.69) is 5.32 Å². The summed E-state index contributed by atoms with van der Waals surface area (Å²) in [5.41, 5.74) is 0.156. The Morgan fingerprint density at radius 2 is 2.18 bits per heavy atom. The Kier molecular flexibility index (Phi) is 4.20. The molecule has 1 saturated heterocycles. The van der Waals surface area contributed by atoms with E-state index in [4.69, 9.17) is 9.15 Å². The molecule has 1 atom stereocenters. The SMILES string of the molecule is COCC(=O)NC1CCC12CCN(C(=O)c1ccco1)CC2. The van der Waals surface area contributed by atoms with Gasteiger partial charge in [-0.05, 0) is 43.2 Å². The quantitative estimate of drug-likeness (QED) is 0.913. The number of ether oxygens (including phenoxy) is 1. The van der Waals surface area contributed by atoms with Crippen molar-refractivity contribution in [2.75, 3.05) is 26.8 Å². The predicted molar refractivity (Wildman–Crippen MR) is 79.3 cm³/mol. The Bertz CT molecular complexity index is 532. The van der Waals surface area contributed by atoms with Gasteiger partial charge in [0.2, 0.25) is 5.91 Å². The lowest BCUT2D eigenvalue weighted by Gasteiger charge is -2.54. The molecule has 1 N–H and O–H groups in total. The number of hydrogen-bond acceptors (Lipinski definition) is 4. The first-order chi connectivity index (χ1) is 10.6. The fraction of sp³-hybridized carbons (Fsp3) is 0.625. The van der Waals surface area contributed by atoms with Gasteiger partial charge in [0, 0.05) is 26.2 Å². The molecular weight excluding hydrogens is 284 g/mol. The molecule has 0 bridgehead atoms. The molecule has 6 nitrogen and oxygen atoms in total. The van der Waals surface area contributed by atoms with Crippen molar-refractivity contribution in [3.05, 3.63) is 24.2 Å². The van der Waals surface area contributed by atoms with Gasteiger partial charge in [-0.25, -0.2) is 0 Å². The van der Waals surface area contributed by atoms with Gasteiger partial charge in [0.25, 0.3) is 5.91 Å². The van der Waals surface area contributed by atoms with Crippen molar-refractivity contribution in [3.63, 3.8) is 0 Å². The Balaban J connectivity index is 1.55. The molecule has 6 heteroatoms. The number of rotatable bonds is 4. The number of nitrogens with one attached hydrogen (secondary N) is 1. The maximum atomic E-state index is 12.3. The fourth-order valence-corrected chi connectivity index (χ4v) is 3.60. The highest BCUT2D eigenvalue weighted by Gasteiger charge is 2.49. The molecule has 1 unspecified atom stereocenters. The second kappa shape index (κ2) is 6.12. The van der Waals surface area contributed by atoms with Crippen LogP contribution >= 0.6 is 0 Å². The van der Waals surface area contributed by atoms with Gasteiger partial charge in [0.1, 0.15) is 6.61 Å². The second-order valence-corrected chi connectivity index (χ2v) is 6.22. The summed E-state index contributed by atoms with van der Waals surface area (Å²) in [5, 5.41) is 3.06. The van der Waals surface area contributed by atoms with Crippen LogP contribution in [0.5, 0.6) is 0 Å². The van der Waals surface area contributed by atoms with Gasteiger partial charge in [-0.1, -0.05) is 0 Å². The molecular formula is C16H22N2O4. The van der Waals surface area contributed by atoms with Gasteiger partial charge >= 0.3 is 0 Å². The fourth-order valence-electron chi connectivity index (χ4n) is 3.60. The standard InChI is InChI=1S/C16H22N2O4/c1-21-11-14(19)17-13-4-5-16(13)6-8-18(9-7-16)15(20)12-3-2-10-22-12/h2-3,10,13H,4-9,11H2,1H3,(H,17,19). The second-order valence-electron chi connectivity index (χ2n) is 6.22. The third-order valence-electron chi connectivity index (χ3n) is 5.06. The van der Waals surface area contributed by atoms with Crippen LogP contribution in [0, 0.1) is 5.41 Å². The van der Waals surface area contributed by atoms with Crippen molar-refractivity contribution in [3.8, 4) is 0 Å². The van der Waals surface area contributed by atoms with Gasteiger partial charge in [-0.2, -0.15) is 0 Å². The van der Waals surface area contributed by atoms with Crippen LogP contribution in [0.4, 0.5) is 0 Å². The zero-order valence-electron chi connectivity index (χ0n) is 12.8. The van der Waals surface area contributed by atoms with Crippen molar-refractivity contribution >= 4 is 11.8 Å². The van der Waals surface area contributed by atoms with Crippen LogP contribution < -0.4 is 5.32 Å². The minimum absolute atomic E-state index is 0.0425. The summed E-state index contributed by atoms with van der Waals surface area (Å²) in [7, 11) is 1.52. The number of amides is 2. The molecule has 1 saturated carbocycles. The number of likely N-dealkylation sites (tertiary alicyclic amines) is 1. The zero-order chi connectivity index (χ0) is 15.6. The number of carbonyl (C=O) groups excluding carboxylic acids is 2. The Hall–Kier alpha value is -1.82. The lowest BCUT2D eigenvalue weighted by molar-refractivity contribution is -0.129. The maximum absolute atomic E-state index is 12.3. The third kappa shape index (κ3) is 2.75. The molecule has 1 aromatic rings. The summed E-state index contributed by atoms with van der Waals surface area (Å²) < 4.78 is 10.0. The van der Waals surface area contributed by atoms with Crippen LogP contribution in [0.25, 0.3) is 0 Å². The molecule has 0 aromatic carbocycles. The normalized spacial score (nSPS) is 23.1. The molecule has 22 heavy (non-hydrogen) atoms. The van der Waals surface area contributed by atoms with E-state index in [1.807, 2.05) is 4.90 Å². The summed E-state index contributed by atoms with van der Waals surface area (Å²) in [6.45, 7) is 1.54. The average molecular weight is 306 g/mol. The summed E-state index contributed by atoms with van der Waals surface area (Å²) in [4.78, 5) is 25.8. The van der Waals surface area contributed by atoms with Gasteiger partial charge in [0.15, 0.2) is 5.76 Å². The van der Waals surface area contributed by atoms with Crippen molar-refractivity contribution in [2.24, 2.45) is 5.41 Å².